The van der Waals surface area contributed by atoms with Crippen molar-refractivity contribution in [3.8, 4) is 5.75 Å². The van der Waals surface area contributed by atoms with Gasteiger partial charge in [0.25, 0.3) is 10.1 Å². The van der Waals surface area contributed by atoms with Gasteiger partial charge in [-0.25, -0.2) is 0 Å². The van der Waals surface area contributed by atoms with Crippen LogP contribution in [0.3, 0.4) is 0 Å². The number of benzene rings is 1. The Balaban J connectivity index is 0.00000200. The number of aromatic nitrogens is 1. The summed E-state index contributed by atoms with van der Waals surface area (Å²) >= 11 is 0. The number of aromatic hydroxyl groups is 1. The number of aliphatic imine (C=N–C) groups is 1. The summed E-state index contributed by atoms with van der Waals surface area (Å²) < 4.78 is 30.9. The van der Waals surface area contributed by atoms with Crippen LogP contribution in [0.5, 0.6) is 5.75 Å². The summed E-state index contributed by atoms with van der Waals surface area (Å²) in [6.45, 7) is 0. The molecule has 2 aromatic rings. The van der Waals surface area contributed by atoms with E-state index in [0.29, 0.717) is 5.69 Å². The first-order valence-corrected chi connectivity index (χ1v) is 6.65. The Bertz CT molecular complexity index is 717. The molecule has 0 amide bonds. The standard InChI is InChI=1S/C12H10N2O4S.Na.H/c15-12-2-1-11(19(16,17)18)7-9(12)8-14-10-3-5-13-6-4-10;;/h1-8,15H,(H,16,17,18);;. The van der Waals surface area contributed by atoms with E-state index in [4.69, 9.17) is 4.55 Å². The zero-order valence-electron chi connectivity index (χ0n) is 9.63. The van der Waals surface area contributed by atoms with E-state index >= 15 is 0 Å². The fourth-order valence-corrected chi connectivity index (χ4v) is 1.89. The third-order valence-corrected chi connectivity index (χ3v) is 3.16. The first kappa shape index (κ1) is 16.8. The van der Waals surface area contributed by atoms with E-state index < -0.39 is 10.1 Å². The molecule has 0 aliphatic rings. The van der Waals surface area contributed by atoms with Crippen molar-refractivity contribution in [1.82, 2.24) is 4.98 Å². The van der Waals surface area contributed by atoms with Gasteiger partial charge in [0.1, 0.15) is 5.75 Å². The monoisotopic (exact) mass is 302 g/mol. The summed E-state index contributed by atoms with van der Waals surface area (Å²) in [6, 6.07) is 6.72. The average molecular weight is 302 g/mol. The molecule has 20 heavy (non-hydrogen) atoms. The van der Waals surface area contributed by atoms with Gasteiger partial charge in [0.05, 0.1) is 10.6 Å². The van der Waals surface area contributed by atoms with Crippen LogP contribution >= 0.6 is 0 Å². The molecule has 0 bridgehead atoms. The van der Waals surface area contributed by atoms with Crippen molar-refractivity contribution in [2.45, 2.75) is 4.90 Å². The van der Waals surface area contributed by atoms with Gasteiger partial charge in [-0.1, -0.05) is 0 Å². The van der Waals surface area contributed by atoms with Crippen molar-refractivity contribution in [3.05, 3.63) is 48.3 Å². The average Bonchev–Trinajstić information content (AvgIpc) is 2.37. The number of pyridine rings is 1. The second-order valence-electron chi connectivity index (χ2n) is 3.66. The van der Waals surface area contributed by atoms with E-state index in [0.717, 1.165) is 12.1 Å². The van der Waals surface area contributed by atoms with Crippen LogP contribution in [0.15, 0.2) is 52.6 Å². The van der Waals surface area contributed by atoms with Crippen molar-refractivity contribution in [2.24, 2.45) is 4.99 Å². The summed E-state index contributed by atoms with van der Waals surface area (Å²) in [4.78, 5) is 7.58. The van der Waals surface area contributed by atoms with Crippen molar-refractivity contribution in [3.63, 3.8) is 0 Å². The Morgan fingerprint density at radius 1 is 1.15 bits per heavy atom. The minimum absolute atomic E-state index is 0. The van der Waals surface area contributed by atoms with Gasteiger partial charge in [0, 0.05) is 24.2 Å². The summed E-state index contributed by atoms with van der Waals surface area (Å²) in [5, 5.41) is 9.60. The van der Waals surface area contributed by atoms with E-state index in [-0.39, 0.29) is 45.8 Å². The third kappa shape index (κ3) is 4.39. The van der Waals surface area contributed by atoms with Crippen LogP contribution in [0.25, 0.3) is 0 Å². The molecule has 0 fully saturated rings. The molecule has 0 radical (unpaired) electrons. The first-order valence-electron chi connectivity index (χ1n) is 5.21. The van der Waals surface area contributed by atoms with Gasteiger partial charge in [0.15, 0.2) is 0 Å². The number of nitrogens with zero attached hydrogens (tertiary/aromatic N) is 2. The Morgan fingerprint density at radius 3 is 2.40 bits per heavy atom. The van der Waals surface area contributed by atoms with Crippen LogP contribution < -0.4 is 0 Å². The van der Waals surface area contributed by atoms with E-state index in [1.54, 1.807) is 24.5 Å². The maximum absolute atomic E-state index is 11.0. The molecule has 1 aromatic heterocycles. The molecule has 2 rings (SSSR count). The van der Waals surface area contributed by atoms with Crippen LogP contribution in [0, 0.1) is 0 Å². The molecular weight excluding hydrogens is 291 g/mol. The number of phenols is 1. The van der Waals surface area contributed by atoms with Crippen LogP contribution in [0.1, 0.15) is 5.56 Å². The zero-order chi connectivity index (χ0) is 13.9. The fourth-order valence-electron chi connectivity index (χ4n) is 1.37. The number of hydrogen-bond donors (Lipinski definition) is 2. The Kier molecular flexibility index (Phi) is 5.85. The van der Waals surface area contributed by atoms with Crippen molar-refractivity contribution < 1.29 is 18.1 Å². The van der Waals surface area contributed by atoms with Gasteiger partial charge in [-0.15, -0.1) is 0 Å². The molecule has 2 N–H and O–H groups in total. The van der Waals surface area contributed by atoms with Crippen molar-refractivity contribution in [1.29, 1.82) is 0 Å². The molecule has 8 heteroatoms. The van der Waals surface area contributed by atoms with Gasteiger partial charge in [-0.3, -0.25) is 14.5 Å². The normalized spacial score (nSPS) is 11.2. The quantitative estimate of drug-likeness (QED) is 0.503. The van der Waals surface area contributed by atoms with E-state index in [1.165, 1.54) is 12.3 Å². The fraction of sp³-hybridized carbons (Fsp3) is 0. The van der Waals surface area contributed by atoms with Crippen molar-refractivity contribution >= 4 is 51.6 Å². The topological polar surface area (TPSA) is 99.9 Å². The molecule has 0 aliphatic heterocycles. The Labute approximate surface area is 138 Å². The van der Waals surface area contributed by atoms with Gasteiger partial charge in [-0.05, 0) is 30.3 Å². The van der Waals surface area contributed by atoms with Gasteiger partial charge in [0.2, 0.25) is 0 Å². The molecule has 0 saturated carbocycles. The minimum atomic E-state index is -4.31. The van der Waals surface area contributed by atoms with Crippen LogP contribution in [-0.4, -0.2) is 58.8 Å². The summed E-state index contributed by atoms with van der Waals surface area (Å²) in [5.41, 5.74) is 0.790. The molecular formula is C12H11N2NaO4S. The SMILES string of the molecule is O=S(=O)(O)c1ccc(O)c(C=Nc2ccncc2)c1.[NaH]. The van der Waals surface area contributed by atoms with Gasteiger partial charge < -0.3 is 5.11 Å². The number of hydrogen-bond acceptors (Lipinski definition) is 5. The molecule has 100 valence electrons. The predicted molar refractivity (Wildman–Crippen MR) is 76.6 cm³/mol. The molecule has 1 heterocycles. The number of phenolic OH excluding ortho intramolecular Hbond substituents is 1. The Morgan fingerprint density at radius 2 is 1.80 bits per heavy atom. The summed E-state index contributed by atoms with van der Waals surface area (Å²) in [6.07, 6.45) is 4.42. The van der Waals surface area contributed by atoms with Gasteiger partial charge in [-0.2, -0.15) is 8.42 Å². The molecule has 0 aliphatic carbocycles. The second-order valence-corrected chi connectivity index (χ2v) is 5.08. The second kappa shape index (κ2) is 6.96. The molecule has 6 nitrogen and oxygen atoms in total. The number of rotatable bonds is 3. The molecule has 0 unspecified atom stereocenters. The van der Waals surface area contributed by atoms with Crippen LogP contribution in [0.4, 0.5) is 5.69 Å². The van der Waals surface area contributed by atoms with E-state index in [1.807, 2.05) is 0 Å². The van der Waals surface area contributed by atoms with Crippen LogP contribution in [0.2, 0.25) is 0 Å². The Hall–Kier alpha value is -1.25. The van der Waals surface area contributed by atoms with Crippen molar-refractivity contribution in [2.75, 3.05) is 0 Å². The maximum atomic E-state index is 11.0. The zero-order valence-corrected chi connectivity index (χ0v) is 10.4. The first-order chi connectivity index (χ1) is 8.97. The third-order valence-electron chi connectivity index (χ3n) is 2.31. The summed E-state index contributed by atoms with van der Waals surface area (Å²) in [7, 11) is -4.31. The van der Waals surface area contributed by atoms with E-state index in [9.17, 15) is 13.5 Å². The predicted octanol–water partition coefficient (Wildman–Crippen LogP) is 1.14. The molecule has 0 saturated heterocycles. The summed E-state index contributed by atoms with van der Waals surface area (Å²) in [5.74, 6) is -0.134. The van der Waals surface area contributed by atoms with Gasteiger partial charge >= 0.3 is 29.6 Å². The molecule has 0 spiro atoms. The molecule has 1 aromatic carbocycles. The molecule has 0 atom stereocenters. The van der Waals surface area contributed by atoms with Crippen LogP contribution in [-0.2, 0) is 10.1 Å². The van der Waals surface area contributed by atoms with E-state index in [2.05, 4.69) is 9.98 Å².